The van der Waals surface area contributed by atoms with E-state index in [1.54, 1.807) is 0 Å². The number of fused-ring (bicyclic) bond motifs is 1. The van der Waals surface area contributed by atoms with Gasteiger partial charge in [0.1, 0.15) is 5.75 Å². The third kappa shape index (κ3) is 5.11. The van der Waals surface area contributed by atoms with Gasteiger partial charge in [0.15, 0.2) is 0 Å². The molecule has 0 bridgehead atoms. The van der Waals surface area contributed by atoms with Crippen LogP contribution in [0.3, 0.4) is 0 Å². The van der Waals surface area contributed by atoms with Gasteiger partial charge in [-0.25, -0.2) is 0 Å². The second-order valence-electron chi connectivity index (χ2n) is 8.31. The summed E-state index contributed by atoms with van der Waals surface area (Å²) in [6.07, 6.45) is 3.22. The molecular formula is C28H32N2O. The summed E-state index contributed by atoms with van der Waals surface area (Å²) in [4.78, 5) is 0. The summed E-state index contributed by atoms with van der Waals surface area (Å²) in [6, 6.07) is 25.9. The summed E-state index contributed by atoms with van der Waals surface area (Å²) in [5.41, 5.74) is 6.15. The summed E-state index contributed by atoms with van der Waals surface area (Å²) < 4.78 is 5.77. The molecule has 3 heteroatoms. The first kappa shape index (κ1) is 21.0. The summed E-state index contributed by atoms with van der Waals surface area (Å²) in [5, 5.41) is 7.02. The normalized spacial score (nSPS) is 14.6. The molecule has 0 saturated heterocycles. The molecule has 0 radical (unpaired) electrons. The fraction of sp³-hybridized carbons (Fsp3) is 0.286. The average Bonchev–Trinajstić information content (AvgIpc) is 2.83. The van der Waals surface area contributed by atoms with E-state index in [4.69, 9.17) is 4.74 Å². The van der Waals surface area contributed by atoms with Crippen molar-refractivity contribution < 1.29 is 4.74 Å². The predicted octanol–water partition coefficient (Wildman–Crippen LogP) is 6.73. The van der Waals surface area contributed by atoms with Crippen molar-refractivity contribution in [1.29, 1.82) is 0 Å². The topological polar surface area (TPSA) is 33.3 Å². The Bertz CT molecular complexity index is 1010. The van der Waals surface area contributed by atoms with Crippen LogP contribution in [0, 0.1) is 0 Å². The number of hydrogen-bond acceptors (Lipinski definition) is 3. The number of nitrogens with one attached hydrogen (secondary N) is 2. The second kappa shape index (κ2) is 9.74. The Morgan fingerprint density at radius 3 is 2.48 bits per heavy atom. The number of rotatable bonds is 8. The van der Waals surface area contributed by atoms with Crippen molar-refractivity contribution in [2.75, 3.05) is 11.9 Å². The minimum absolute atomic E-state index is 0.297. The lowest BCUT2D eigenvalue weighted by Crippen LogP contribution is -2.34. The number of hydrogen-bond donors (Lipinski definition) is 2. The van der Waals surface area contributed by atoms with Crippen molar-refractivity contribution in [3.8, 4) is 16.9 Å². The van der Waals surface area contributed by atoms with Crippen LogP contribution in [0.15, 0.2) is 85.2 Å². The van der Waals surface area contributed by atoms with Gasteiger partial charge in [0.25, 0.3) is 0 Å². The van der Waals surface area contributed by atoms with E-state index in [2.05, 4.69) is 97.8 Å². The maximum absolute atomic E-state index is 5.77. The molecule has 0 amide bonds. The summed E-state index contributed by atoms with van der Waals surface area (Å²) >= 11 is 0. The van der Waals surface area contributed by atoms with Crippen molar-refractivity contribution >= 4 is 5.69 Å². The van der Waals surface area contributed by atoms with Gasteiger partial charge in [0.2, 0.25) is 0 Å². The zero-order chi connectivity index (χ0) is 21.6. The molecule has 0 aliphatic carbocycles. The van der Waals surface area contributed by atoms with Crippen LogP contribution >= 0.6 is 0 Å². The molecule has 3 nitrogen and oxygen atoms in total. The zero-order valence-electron chi connectivity index (χ0n) is 18.5. The van der Waals surface area contributed by atoms with E-state index >= 15 is 0 Å². The van der Waals surface area contributed by atoms with Crippen molar-refractivity contribution in [2.24, 2.45) is 0 Å². The van der Waals surface area contributed by atoms with Gasteiger partial charge in [0.05, 0.1) is 12.4 Å². The van der Waals surface area contributed by atoms with Crippen LogP contribution in [-0.4, -0.2) is 12.6 Å². The van der Waals surface area contributed by atoms with E-state index in [9.17, 15) is 0 Å². The van der Waals surface area contributed by atoms with Gasteiger partial charge in [-0.05, 0) is 59.7 Å². The number of anilines is 1. The van der Waals surface area contributed by atoms with Crippen LogP contribution < -0.4 is 15.4 Å². The fourth-order valence-electron chi connectivity index (χ4n) is 4.29. The van der Waals surface area contributed by atoms with Gasteiger partial charge in [-0.15, -0.1) is 0 Å². The third-order valence-electron chi connectivity index (χ3n) is 6.15. The van der Waals surface area contributed by atoms with Crippen molar-refractivity contribution in [3.05, 3.63) is 96.3 Å². The lowest BCUT2D eigenvalue weighted by Gasteiger charge is -2.28. The van der Waals surface area contributed by atoms with E-state index in [1.807, 2.05) is 6.07 Å². The Morgan fingerprint density at radius 1 is 1.00 bits per heavy atom. The summed E-state index contributed by atoms with van der Waals surface area (Å²) in [5.74, 6) is 2.25. The molecule has 1 aliphatic rings. The molecule has 0 spiro atoms. The van der Waals surface area contributed by atoms with E-state index in [0.29, 0.717) is 12.0 Å². The predicted molar refractivity (Wildman–Crippen MR) is 131 cm³/mol. The van der Waals surface area contributed by atoms with Crippen LogP contribution in [0.1, 0.15) is 43.7 Å². The van der Waals surface area contributed by atoms with Gasteiger partial charge < -0.3 is 15.4 Å². The maximum atomic E-state index is 5.77. The number of ether oxygens (including phenoxy) is 1. The van der Waals surface area contributed by atoms with Gasteiger partial charge in [-0.1, -0.05) is 75.0 Å². The Morgan fingerprint density at radius 2 is 1.74 bits per heavy atom. The van der Waals surface area contributed by atoms with Gasteiger partial charge >= 0.3 is 0 Å². The highest BCUT2D eigenvalue weighted by Crippen LogP contribution is 2.30. The van der Waals surface area contributed by atoms with E-state index in [1.165, 1.54) is 22.3 Å². The molecule has 0 saturated carbocycles. The first-order valence-electron chi connectivity index (χ1n) is 11.3. The van der Waals surface area contributed by atoms with Crippen LogP contribution in [0.5, 0.6) is 5.75 Å². The molecule has 160 valence electrons. The minimum Gasteiger partial charge on any atom is -0.493 e. The molecule has 1 heterocycles. The summed E-state index contributed by atoms with van der Waals surface area (Å²) in [7, 11) is 0. The molecule has 3 aromatic carbocycles. The van der Waals surface area contributed by atoms with Gasteiger partial charge in [0, 0.05) is 17.6 Å². The monoisotopic (exact) mass is 412 g/mol. The quantitative estimate of drug-likeness (QED) is 0.430. The van der Waals surface area contributed by atoms with Crippen molar-refractivity contribution in [1.82, 2.24) is 5.32 Å². The first-order chi connectivity index (χ1) is 15.1. The molecule has 0 fully saturated rings. The first-order valence-corrected chi connectivity index (χ1v) is 11.3. The molecule has 1 aliphatic heterocycles. The van der Waals surface area contributed by atoms with Crippen molar-refractivity contribution in [2.45, 2.75) is 45.1 Å². The Balaban J connectivity index is 1.38. The fourth-order valence-corrected chi connectivity index (χ4v) is 4.29. The smallest absolute Gasteiger partial charge is 0.122 e. The molecule has 2 N–H and O–H groups in total. The van der Waals surface area contributed by atoms with Gasteiger partial charge in [-0.2, -0.15) is 0 Å². The molecule has 2 unspecified atom stereocenters. The lowest BCUT2D eigenvalue weighted by atomic mass is 9.89. The Kier molecular flexibility index (Phi) is 6.61. The molecule has 0 aromatic heterocycles. The Labute approximate surface area is 186 Å². The molecular weight excluding hydrogens is 380 g/mol. The Hall–Kier alpha value is -3.20. The van der Waals surface area contributed by atoms with Crippen LogP contribution in [0.4, 0.5) is 5.69 Å². The maximum Gasteiger partial charge on any atom is 0.122 e. The van der Waals surface area contributed by atoms with E-state index in [0.717, 1.165) is 43.1 Å². The highest BCUT2D eigenvalue weighted by Gasteiger charge is 2.20. The van der Waals surface area contributed by atoms with Crippen LogP contribution in [0.25, 0.3) is 11.1 Å². The number of aryl methyl sites for hydroxylation is 1. The van der Waals surface area contributed by atoms with Crippen LogP contribution in [0.2, 0.25) is 0 Å². The van der Waals surface area contributed by atoms with E-state index in [-0.39, 0.29) is 0 Å². The van der Waals surface area contributed by atoms with Gasteiger partial charge in [-0.3, -0.25) is 0 Å². The van der Waals surface area contributed by atoms with E-state index < -0.39 is 0 Å². The molecule has 4 rings (SSSR count). The SMILES string of the molecule is C=C(Nc1ccc(-c2ccccc2)cc1)NC(CC)C(C)c1ccc2c(c1)CCCO2. The summed E-state index contributed by atoms with van der Waals surface area (Å²) in [6.45, 7) is 9.56. The zero-order valence-corrected chi connectivity index (χ0v) is 18.5. The largest absolute Gasteiger partial charge is 0.493 e. The van der Waals surface area contributed by atoms with Crippen molar-refractivity contribution in [3.63, 3.8) is 0 Å². The standard InChI is InChI=1S/C28H32N2O/c1-4-27(20(2)24-14-17-28-25(19-24)11-8-18-31-28)30-21(3)29-26-15-12-23(13-16-26)22-9-6-5-7-10-22/h5-7,9-10,12-17,19-20,27,29-30H,3-4,8,11,18H2,1-2H3. The van der Waals surface area contributed by atoms with Crippen LogP contribution in [-0.2, 0) is 6.42 Å². The second-order valence-corrected chi connectivity index (χ2v) is 8.31. The molecule has 2 atom stereocenters. The minimum atomic E-state index is 0.297. The molecule has 3 aromatic rings. The number of benzene rings is 3. The average molecular weight is 413 g/mol. The molecule has 31 heavy (non-hydrogen) atoms. The highest BCUT2D eigenvalue weighted by atomic mass is 16.5. The lowest BCUT2D eigenvalue weighted by molar-refractivity contribution is 0.288. The third-order valence-corrected chi connectivity index (χ3v) is 6.15. The highest BCUT2D eigenvalue weighted by molar-refractivity contribution is 5.66.